The van der Waals surface area contributed by atoms with Crippen LogP contribution in [0.15, 0.2) is 48.5 Å². The lowest BCUT2D eigenvalue weighted by atomic mass is 9.92. The second-order valence-corrected chi connectivity index (χ2v) is 14.3. The van der Waals surface area contributed by atoms with Crippen LogP contribution in [0.25, 0.3) is 0 Å². The third-order valence-electron chi connectivity index (χ3n) is 6.98. The first-order valence-corrected chi connectivity index (χ1v) is 16.2. The van der Waals surface area contributed by atoms with E-state index >= 15 is 0 Å². The molecule has 0 fully saturated rings. The zero-order chi connectivity index (χ0) is 36.5. The minimum absolute atomic E-state index is 0.0161. The number of aromatic nitrogens is 6. The minimum atomic E-state index is -0.686. The van der Waals surface area contributed by atoms with Gasteiger partial charge in [0.25, 0.3) is 11.8 Å². The van der Waals surface area contributed by atoms with Gasteiger partial charge in [0.15, 0.2) is 22.4 Å². The average Bonchev–Trinajstić information content (AvgIpc) is 3.00. The van der Waals surface area contributed by atoms with E-state index in [1.165, 1.54) is 6.07 Å². The number of hydrogen-bond acceptors (Lipinski definition) is 12. The predicted octanol–water partition coefficient (Wildman–Crippen LogP) is 5.46. The smallest absolute Gasteiger partial charge is 0.271 e. The molecule has 0 bridgehead atoms. The number of hydrogen-bond donors (Lipinski definition) is 6. The molecule has 15 heteroatoms. The van der Waals surface area contributed by atoms with Crippen molar-refractivity contribution in [2.24, 2.45) is 23.1 Å². The molecular weight excluding hydrogens is 644 g/mol. The van der Waals surface area contributed by atoms with Crippen molar-refractivity contribution < 1.29 is 9.59 Å². The molecular formula is C34H47ClN12O2. The lowest BCUT2D eigenvalue weighted by Gasteiger charge is -2.20. The summed E-state index contributed by atoms with van der Waals surface area (Å²) in [6.45, 7) is 17.2. The van der Waals surface area contributed by atoms with Crippen molar-refractivity contribution in [3.8, 4) is 0 Å². The molecule has 4 aromatic heterocycles. The van der Waals surface area contributed by atoms with Crippen LogP contribution in [0.2, 0.25) is 5.15 Å². The summed E-state index contributed by atoms with van der Waals surface area (Å²) in [5, 5.41) is 25.0. The molecule has 14 nitrogen and oxygen atoms in total. The molecule has 0 saturated carbocycles. The quantitative estimate of drug-likeness (QED) is 0.115. The Hall–Kier alpha value is -4.95. The summed E-state index contributed by atoms with van der Waals surface area (Å²) in [5.41, 5.74) is 19.2. The SMILES string of the molecule is CC(C)(C)c1cccc(Nc2cc(Cl)nnc2C(N)=O)n1.CC(C)C[C@H](CN)Nc1cc(Nc2cccc(C(C)(C)C)n2)c(C(N)=O)nn1. The molecule has 0 unspecified atom stereocenters. The molecule has 0 aliphatic heterocycles. The van der Waals surface area contributed by atoms with E-state index in [0.717, 1.165) is 17.8 Å². The number of anilines is 5. The molecule has 1 atom stereocenters. The third-order valence-corrected chi connectivity index (χ3v) is 7.16. The van der Waals surface area contributed by atoms with E-state index in [1.807, 2.05) is 30.3 Å². The van der Waals surface area contributed by atoms with Gasteiger partial charge in [-0.2, -0.15) is 0 Å². The summed E-state index contributed by atoms with van der Waals surface area (Å²) < 4.78 is 0. The fourth-order valence-electron chi connectivity index (χ4n) is 4.50. The Kier molecular flexibility index (Phi) is 12.9. The fourth-order valence-corrected chi connectivity index (χ4v) is 4.64. The summed E-state index contributed by atoms with van der Waals surface area (Å²) in [5.74, 6) is 0.844. The highest BCUT2D eigenvalue weighted by atomic mass is 35.5. The molecule has 0 aliphatic carbocycles. The van der Waals surface area contributed by atoms with E-state index in [4.69, 9.17) is 28.8 Å². The Morgan fingerprint density at radius 3 is 1.63 bits per heavy atom. The van der Waals surface area contributed by atoms with Gasteiger partial charge in [-0.25, -0.2) is 9.97 Å². The van der Waals surface area contributed by atoms with Crippen LogP contribution in [-0.4, -0.2) is 54.8 Å². The maximum Gasteiger partial charge on any atom is 0.271 e. The van der Waals surface area contributed by atoms with Gasteiger partial charge >= 0.3 is 0 Å². The van der Waals surface area contributed by atoms with Crippen molar-refractivity contribution in [2.45, 2.75) is 78.7 Å². The normalized spacial score (nSPS) is 12.1. The van der Waals surface area contributed by atoms with Crippen LogP contribution in [0.3, 0.4) is 0 Å². The second-order valence-electron chi connectivity index (χ2n) is 13.9. The highest BCUT2D eigenvalue weighted by molar-refractivity contribution is 6.29. The Morgan fingerprint density at radius 1 is 0.735 bits per heavy atom. The lowest BCUT2D eigenvalue weighted by Crippen LogP contribution is -2.31. The number of carbonyl (C=O) groups excluding carboxylic acids is 2. The van der Waals surface area contributed by atoms with Gasteiger partial charge in [-0.3, -0.25) is 9.59 Å². The molecule has 49 heavy (non-hydrogen) atoms. The van der Waals surface area contributed by atoms with Crippen LogP contribution >= 0.6 is 11.6 Å². The third kappa shape index (κ3) is 11.6. The number of nitrogens with one attached hydrogen (secondary N) is 3. The van der Waals surface area contributed by atoms with Crippen molar-refractivity contribution in [3.63, 3.8) is 0 Å². The number of nitrogens with zero attached hydrogens (tertiary/aromatic N) is 6. The molecule has 262 valence electrons. The summed E-state index contributed by atoms with van der Waals surface area (Å²) in [6.07, 6.45) is 0.897. The van der Waals surface area contributed by atoms with Crippen LogP contribution in [0, 0.1) is 5.92 Å². The number of carbonyl (C=O) groups is 2. The van der Waals surface area contributed by atoms with Crippen molar-refractivity contribution >= 4 is 52.2 Å². The van der Waals surface area contributed by atoms with E-state index in [9.17, 15) is 9.59 Å². The highest BCUT2D eigenvalue weighted by Crippen LogP contribution is 2.26. The van der Waals surface area contributed by atoms with Gasteiger partial charge in [0.2, 0.25) is 0 Å². The first kappa shape index (κ1) is 38.5. The Bertz CT molecular complexity index is 1750. The fraction of sp³-hybridized carbons (Fsp3) is 0.412. The monoisotopic (exact) mass is 690 g/mol. The Labute approximate surface area is 292 Å². The van der Waals surface area contributed by atoms with E-state index in [1.54, 1.807) is 12.1 Å². The summed E-state index contributed by atoms with van der Waals surface area (Å²) in [7, 11) is 0. The van der Waals surface area contributed by atoms with Crippen LogP contribution in [0.5, 0.6) is 0 Å². The van der Waals surface area contributed by atoms with Crippen molar-refractivity contribution in [1.29, 1.82) is 0 Å². The molecule has 4 rings (SSSR count). The van der Waals surface area contributed by atoms with Gasteiger partial charge < -0.3 is 33.2 Å². The predicted molar refractivity (Wildman–Crippen MR) is 194 cm³/mol. The van der Waals surface area contributed by atoms with Gasteiger partial charge in [0.1, 0.15) is 11.6 Å². The van der Waals surface area contributed by atoms with E-state index < -0.39 is 11.8 Å². The maximum absolute atomic E-state index is 11.8. The van der Waals surface area contributed by atoms with Gasteiger partial charge in [0.05, 0.1) is 11.4 Å². The molecule has 0 aliphatic rings. The van der Waals surface area contributed by atoms with Crippen LogP contribution in [0.1, 0.15) is 94.2 Å². The molecule has 0 aromatic carbocycles. The second kappa shape index (κ2) is 16.4. The topological polar surface area (TPSA) is 226 Å². The van der Waals surface area contributed by atoms with Crippen LogP contribution in [-0.2, 0) is 10.8 Å². The first-order valence-electron chi connectivity index (χ1n) is 15.8. The van der Waals surface area contributed by atoms with Crippen molar-refractivity contribution in [2.75, 3.05) is 22.5 Å². The molecule has 4 aromatic rings. The average molecular weight is 691 g/mol. The first-order chi connectivity index (χ1) is 22.9. The van der Waals surface area contributed by atoms with Crippen molar-refractivity contribution in [3.05, 3.63) is 76.5 Å². The van der Waals surface area contributed by atoms with Gasteiger partial charge in [0, 0.05) is 46.9 Å². The van der Waals surface area contributed by atoms with E-state index in [0.29, 0.717) is 41.3 Å². The zero-order valence-electron chi connectivity index (χ0n) is 29.3. The Balaban J connectivity index is 0.000000276. The van der Waals surface area contributed by atoms with E-state index in [2.05, 4.69) is 102 Å². The number of primary amides is 2. The van der Waals surface area contributed by atoms with Gasteiger partial charge in [-0.15, -0.1) is 20.4 Å². The number of nitrogens with two attached hydrogens (primary N) is 3. The lowest BCUT2D eigenvalue weighted by molar-refractivity contribution is 0.0987. The molecule has 0 saturated heterocycles. The maximum atomic E-state index is 11.8. The molecule has 2 amide bonds. The Morgan fingerprint density at radius 2 is 1.20 bits per heavy atom. The van der Waals surface area contributed by atoms with Gasteiger partial charge in [-0.05, 0) is 36.6 Å². The summed E-state index contributed by atoms with van der Waals surface area (Å²) >= 11 is 5.81. The van der Waals surface area contributed by atoms with Crippen LogP contribution in [0.4, 0.5) is 28.8 Å². The highest BCUT2D eigenvalue weighted by Gasteiger charge is 2.19. The van der Waals surface area contributed by atoms with Gasteiger partial charge in [-0.1, -0.05) is 79.1 Å². The molecule has 0 radical (unpaired) electrons. The molecule has 4 heterocycles. The van der Waals surface area contributed by atoms with Crippen LogP contribution < -0.4 is 33.2 Å². The summed E-state index contributed by atoms with van der Waals surface area (Å²) in [4.78, 5) is 32.3. The largest absolute Gasteiger partial charge is 0.365 e. The number of pyridine rings is 2. The zero-order valence-corrected chi connectivity index (χ0v) is 30.1. The molecule has 0 spiro atoms. The standard InChI is InChI=1S/C20H31N7O.C14H16ClN5O/c1-12(2)9-13(11-21)23-17-10-14(18(19(22)28)27-26-17)24-16-8-6-7-15(25-16)20(3,4)5;1-14(2,3)9-5-4-6-11(18-9)17-8-7-10(15)19-20-12(8)13(16)21/h6-8,10,12-13H,9,11,21H2,1-5H3,(H2,22,28)(H2,23,24,25,26);4-7H,1-3H3,(H2,16,21)(H,17,18,19)/t13-;/m1./s1. The number of rotatable bonds is 11. The number of amides is 2. The van der Waals surface area contributed by atoms with E-state index in [-0.39, 0.29) is 33.4 Å². The number of halogens is 1. The van der Waals surface area contributed by atoms with Crippen molar-refractivity contribution in [1.82, 2.24) is 30.4 Å². The minimum Gasteiger partial charge on any atom is -0.365 e. The summed E-state index contributed by atoms with van der Waals surface area (Å²) in [6, 6.07) is 14.6. The molecule has 9 N–H and O–H groups in total.